The molecule has 30 heavy (non-hydrogen) atoms. The SMILES string of the molecule is COCN=C(c1ccccc1)c1cc(Cl)ccc1NS(=O)(=O)c1ccc(Cl)c(Cl)c1. The van der Waals surface area contributed by atoms with Crippen molar-refractivity contribution < 1.29 is 13.2 Å². The van der Waals surface area contributed by atoms with Crippen molar-refractivity contribution in [1.29, 1.82) is 0 Å². The molecule has 0 aliphatic heterocycles. The Morgan fingerprint density at radius 1 is 0.967 bits per heavy atom. The highest BCUT2D eigenvalue weighted by Crippen LogP contribution is 2.29. The zero-order chi connectivity index (χ0) is 21.7. The van der Waals surface area contributed by atoms with Crippen LogP contribution in [-0.2, 0) is 14.8 Å². The zero-order valence-electron chi connectivity index (χ0n) is 15.8. The molecule has 156 valence electrons. The summed E-state index contributed by atoms with van der Waals surface area (Å²) in [7, 11) is -2.42. The number of ether oxygens (including phenoxy) is 1. The average molecular weight is 484 g/mol. The Kier molecular flexibility index (Phi) is 7.39. The summed E-state index contributed by atoms with van der Waals surface area (Å²) in [6.07, 6.45) is 0. The van der Waals surface area contributed by atoms with Gasteiger partial charge in [-0.15, -0.1) is 0 Å². The molecular formula is C21H17Cl3N2O3S. The van der Waals surface area contributed by atoms with Crippen LogP contribution < -0.4 is 4.72 Å². The highest BCUT2D eigenvalue weighted by molar-refractivity contribution is 7.92. The van der Waals surface area contributed by atoms with E-state index in [2.05, 4.69) is 9.71 Å². The van der Waals surface area contributed by atoms with Gasteiger partial charge in [0.05, 0.1) is 26.3 Å². The van der Waals surface area contributed by atoms with Gasteiger partial charge in [-0.2, -0.15) is 0 Å². The number of hydrogen-bond donors (Lipinski definition) is 1. The summed E-state index contributed by atoms with van der Waals surface area (Å²) in [5.41, 5.74) is 2.14. The van der Waals surface area contributed by atoms with Crippen molar-refractivity contribution in [3.05, 3.63) is 92.9 Å². The van der Waals surface area contributed by atoms with Crippen LogP contribution in [0.4, 0.5) is 5.69 Å². The second kappa shape index (κ2) is 9.81. The number of methoxy groups -OCH3 is 1. The summed E-state index contributed by atoms with van der Waals surface area (Å²) in [5.74, 6) is 0. The van der Waals surface area contributed by atoms with E-state index in [1.165, 1.54) is 25.3 Å². The van der Waals surface area contributed by atoms with Crippen LogP contribution in [0.1, 0.15) is 11.1 Å². The molecule has 5 nitrogen and oxygen atoms in total. The van der Waals surface area contributed by atoms with Gasteiger partial charge < -0.3 is 4.74 Å². The van der Waals surface area contributed by atoms with Gasteiger partial charge in [0, 0.05) is 23.3 Å². The molecule has 0 heterocycles. The average Bonchev–Trinajstić information content (AvgIpc) is 2.72. The molecule has 0 aliphatic rings. The first-order valence-corrected chi connectivity index (χ1v) is 11.3. The van der Waals surface area contributed by atoms with Crippen molar-refractivity contribution in [2.45, 2.75) is 4.90 Å². The standard InChI is InChI=1S/C21H17Cl3N2O3S/c1-29-13-25-21(14-5-3-2-4-6-14)17-11-15(22)7-10-20(17)26-30(27,28)16-8-9-18(23)19(24)12-16/h2-12,26H,13H2,1H3. The third-order valence-corrected chi connectivity index (χ3v) is 6.42. The molecule has 0 radical (unpaired) electrons. The normalized spacial score (nSPS) is 12.1. The lowest BCUT2D eigenvalue weighted by molar-refractivity contribution is 0.209. The fourth-order valence-corrected chi connectivity index (χ4v) is 4.35. The van der Waals surface area contributed by atoms with E-state index in [-0.39, 0.29) is 21.7 Å². The van der Waals surface area contributed by atoms with E-state index in [4.69, 9.17) is 39.5 Å². The molecule has 3 rings (SSSR count). The lowest BCUT2D eigenvalue weighted by Crippen LogP contribution is -2.16. The van der Waals surface area contributed by atoms with Gasteiger partial charge in [-0.1, -0.05) is 65.1 Å². The maximum atomic E-state index is 13.0. The highest BCUT2D eigenvalue weighted by Gasteiger charge is 2.20. The van der Waals surface area contributed by atoms with Gasteiger partial charge in [0.1, 0.15) is 6.73 Å². The topological polar surface area (TPSA) is 67.8 Å². The summed E-state index contributed by atoms with van der Waals surface area (Å²) in [4.78, 5) is 4.45. The third-order valence-electron chi connectivity index (χ3n) is 4.08. The first kappa shape index (κ1) is 22.6. The maximum Gasteiger partial charge on any atom is 0.261 e. The summed E-state index contributed by atoms with van der Waals surface area (Å²) in [5, 5.41) is 0.840. The molecule has 0 aliphatic carbocycles. The molecule has 0 saturated heterocycles. The molecule has 0 amide bonds. The van der Waals surface area contributed by atoms with Crippen molar-refractivity contribution >= 4 is 56.2 Å². The minimum Gasteiger partial charge on any atom is -0.363 e. The van der Waals surface area contributed by atoms with Gasteiger partial charge in [0.2, 0.25) is 0 Å². The van der Waals surface area contributed by atoms with E-state index < -0.39 is 10.0 Å². The molecule has 0 saturated carbocycles. The number of hydrogen-bond acceptors (Lipinski definition) is 4. The molecule has 0 atom stereocenters. The minimum atomic E-state index is -3.95. The maximum absolute atomic E-state index is 13.0. The van der Waals surface area contributed by atoms with Crippen LogP contribution in [0.5, 0.6) is 0 Å². The van der Waals surface area contributed by atoms with Gasteiger partial charge >= 0.3 is 0 Å². The van der Waals surface area contributed by atoms with E-state index >= 15 is 0 Å². The summed E-state index contributed by atoms with van der Waals surface area (Å²) in [6, 6.07) is 18.3. The first-order valence-electron chi connectivity index (χ1n) is 8.68. The van der Waals surface area contributed by atoms with Crippen LogP contribution in [0, 0.1) is 0 Å². The van der Waals surface area contributed by atoms with Gasteiger partial charge in [-0.05, 0) is 36.4 Å². The van der Waals surface area contributed by atoms with E-state index in [0.717, 1.165) is 5.56 Å². The fraction of sp³-hybridized carbons (Fsp3) is 0.0952. The molecule has 0 spiro atoms. The second-order valence-electron chi connectivity index (χ2n) is 6.16. The van der Waals surface area contributed by atoms with Crippen molar-refractivity contribution in [2.24, 2.45) is 4.99 Å². The molecule has 3 aromatic rings. The second-order valence-corrected chi connectivity index (χ2v) is 9.10. The third kappa shape index (κ3) is 5.33. The van der Waals surface area contributed by atoms with Gasteiger partial charge in [0.25, 0.3) is 10.0 Å². The number of aliphatic imine (C=N–C) groups is 1. The lowest BCUT2D eigenvalue weighted by atomic mass is 10.0. The number of rotatable bonds is 7. The Morgan fingerprint density at radius 3 is 2.37 bits per heavy atom. The lowest BCUT2D eigenvalue weighted by Gasteiger charge is -2.16. The summed E-state index contributed by atoms with van der Waals surface area (Å²) >= 11 is 18.1. The van der Waals surface area contributed by atoms with Crippen LogP contribution in [0.25, 0.3) is 0 Å². The van der Waals surface area contributed by atoms with Crippen molar-refractivity contribution in [2.75, 3.05) is 18.6 Å². The van der Waals surface area contributed by atoms with Gasteiger partial charge in [-0.3, -0.25) is 9.71 Å². The summed E-state index contributed by atoms with van der Waals surface area (Å²) in [6.45, 7) is 0.0930. The number of benzene rings is 3. The molecular weight excluding hydrogens is 467 g/mol. The van der Waals surface area contributed by atoms with Crippen LogP contribution >= 0.6 is 34.8 Å². The van der Waals surface area contributed by atoms with E-state index in [9.17, 15) is 8.42 Å². The largest absolute Gasteiger partial charge is 0.363 e. The molecule has 0 aromatic heterocycles. The smallest absolute Gasteiger partial charge is 0.261 e. The van der Waals surface area contributed by atoms with E-state index in [1.807, 2.05) is 30.3 Å². The molecule has 3 aromatic carbocycles. The van der Waals surface area contributed by atoms with Crippen molar-refractivity contribution in [3.63, 3.8) is 0 Å². The Labute approximate surface area is 190 Å². The molecule has 0 bridgehead atoms. The number of halogens is 3. The minimum absolute atomic E-state index is 0.0205. The van der Waals surface area contributed by atoms with Crippen LogP contribution in [-0.4, -0.2) is 28.0 Å². The zero-order valence-corrected chi connectivity index (χ0v) is 18.9. The monoisotopic (exact) mass is 482 g/mol. The number of nitrogens with zero attached hydrogens (tertiary/aromatic N) is 1. The van der Waals surface area contributed by atoms with Crippen LogP contribution in [0.15, 0.2) is 76.6 Å². The quantitative estimate of drug-likeness (QED) is 0.426. The highest BCUT2D eigenvalue weighted by atomic mass is 35.5. The molecule has 0 fully saturated rings. The first-order chi connectivity index (χ1) is 14.3. The fourth-order valence-electron chi connectivity index (χ4n) is 2.71. The number of anilines is 1. The van der Waals surface area contributed by atoms with E-state index in [1.54, 1.807) is 18.2 Å². The predicted octanol–water partition coefficient (Wildman–Crippen LogP) is 5.89. The summed E-state index contributed by atoms with van der Waals surface area (Å²) < 4.78 is 33.6. The Morgan fingerprint density at radius 2 is 1.70 bits per heavy atom. The van der Waals surface area contributed by atoms with Crippen LogP contribution in [0.3, 0.4) is 0 Å². The molecule has 1 N–H and O–H groups in total. The Bertz CT molecular complexity index is 1180. The van der Waals surface area contributed by atoms with Gasteiger partial charge in [-0.25, -0.2) is 8.42 Å². The Balaban J connectivity index is 2.09. The van der Waals surface area contributed by atoms with Crippen molar-refractivity contribution in [1.82, 2.24) is 0 Å². The van der Waals surface area contributed by atoms with Gasteiger partial charge in [0.15, 0.2) is 0 Å². The van der Waals surface area contributed by atoms with E-state index in [0.29, 0.717) is 22.0 Å². The number of nitrogens with one attached hydrogen (secondary N) is 1. The molecule has 9 heteroatoms. The Hall–Kier alpha value is -2.09. The predicted molar refractivity (Wildman–Crippen MR) is 123 cm³/mol. The van der Waals surface area contributed by atoms with Crippen molar-refractivity contribution in [3.8, 4) is 0 Å². The molecule has 0 unspecified atom stereocenters. The van der Waals surface area contributed by atoms with Crippen LogP contribution in [0.2, 0.25) is 15.1 Å². The number of sulfonamides is 1.